The first kappa shape index (κ1) is 12.6. The summed E-state index contributed by atoms with van der Waals surface area (Å²) in [7, 11) is 0. The molecule has 0 amide bonds. The van der Waals surface area contributed by atoms with E-state index in [1.807, 2.05) is 0 Å². The molecule has 1 rings (SSSR count). The predicted octanol–water partition coefficient (Wildman–Crippen LogP) is 1.33. The lowest BCUT2D eigenvalue weighted by Crippen LogP contribution is -2.17. The molecule has 2 N–H and O–H groups in total. The highest BCUT2D eigenvalue weighted by Gasteiger charge is 1.95. The van der Waals surface area contributed by atoms with Crippen molar-refractivity contribution in [3.63, 3.8) is 0 Å². The van der Waals surface area contributed by atoms with Crippen molar-refractivity contribution in [1.29, 1.82) is 0 Å². The van der Waals surface area contributed by atoms with Gasteiger partial charge >= 0.3 is 5.69 Å². The van der Waals surface area contributed by atoms with E-state index >= 15 is 0 Å². The van der Waals surface area contributed by atoms with Crippen LogP contribution in [0.1, 0.15) is 45.4 Å². The quantitative estimate of drug-likeness (QED) is 0.652. The van der Waals surface area contributed by atoms with Crippen LogP contribution in [-0.2, 0) is 0 Å². The zero-order chi connectivity index (χ0) is 11.6. The molecule has 0 aliphatic carbocycles. The Labute approximate surface area is 94.9 Å². The number of unbranched alkanes of at least 4 members (excludes halogenated alkanes) is 5. The van der Waals surface area contributed by atoms with Gasteiger partial charge in [-0.2, -0.15) is 0 Å². The fraction of sp³-hybridized carbons (Fsp3) is 0.800. The summed E-state index contributed by atoms with van der Waals surface area (Å²) in [5.41, 5.74) is -0.523. The number of nitrogens with one attached hydrogen (secondary N) is 2. The number of anilines is 1. The lowest BCUT2D eigenvalue weighted by atomic mass is 10.1. The van der Waals surface area contributed by atoms with E-state index < -0.39 is 5.69 Å². The Morgan fingerprint density at radius 1 is 1.12 bits per heavy atom. The van der Waals surface area contributed by atoms with Crippen LogP contribution in [0.4, 0.5) is 5.95 Å². The summed E-state index contributed by atoms with van der Waals surface area (Å²) < 4.78 is 0. The fourth-order valence-electron chi connectivity index (χ4n) is 1.42. The van der Waals surface area contributed by atoms with Gasteiger partial charge in [0.15, 0.2) is 0 Å². The lowest BCUT2D eigenvalue weighted by Gasteiger charge is -2.02. The van der Waals surface area contributed by atoms with Crippen molar-refractivity contribution in [2.75, 3.05) is 11.9 Å². The molecule has 0 fully saturated rings. The maximum absolute atomic E-state index is 10.6. The molecule has 0 saturated heterocycles. The van der Waals surface area contributed by atoms with Gasteiger partial charge in [0, 0.05) is 6.54 Å². The molecule has 0 radical (unpaired) electrons. The van der Waals surface area contributed by atoms with E-state index in [-0.39, 0.29) is 0 Å². The highest BCUT2D eigenvalue weighted by Crippen LogP contribution is 2.04. The number of H-pyrrole nitrogens is 1. The molecule has 0 unspecified atom stereocenters. The van der Waals surface area contributed by atoms with Crippen LogP contribution in [0, 0.1) is 0 Å². The van der Waals surface area contributed by atoms with Crippen molar-refractivity contribution in [3.05, 3.63) is 10.5 Å². The topological polar surface area (TPSA) is 83.6 Å². The van der Waals surface area contributed by atoms with Gasteiger partial charge in [-0.1, -0.05) is 44.1 Å². The van der Waals surface area contributed by atoms with Crippen molar-refractivity contribution >= 4 is 5.95 Å². The molecule has 0 atom stereocenters. The summed E-state index contributed by atoms with van der Waals surface area (Å²) in [6, 6.07) is 0. The van der Waals surface area contributed by atoms with Crippen molar-refractivity contribution in [2.24, 2.45) is 0 Å². The van der Waals surface area contributed by atoms with Gasteiger partial charge in [-0.05, 0) is 6.42 Å². The van der Waals surface area contributed by atoms with Crippen LogP contribution in [0.15, 0.2) is 4.79 Å². The normalized spacial score (nSPS) is 10.3. The molecule has 1 aromatic rings. The first-order valence-corrected chi connectivity index (χ1v) is 5.86. The van der Waals surface area contributed by atoms with Crippen molar-refractivity contribution in [3.8, 4) is 0 Å². The first-order chi connectivity index (χ1) is 7.83. The Hall–Kier alpha value is -1.46. The molecule has 1 aromatic heterocycles. The van der Waals surface area contributed by atoms with Crippen LogP contribution in [0.3, 0.4) is 0 Å². The van der Waals surface area contributed by atoms with Crippen LogP contribution >= 0.6 is 0 Å². The Bertz CT molecular complexity index is 318. The SMILES string of the molecule is CCCCCCCCNc1nnc(=O)[nH]n1. The van der Waals surface area contributed by atoms with Crippen LogP contribution in [0.2, 0.25) is 0 Å². The van der Waals surface area contributed by atoms with E-state index in [0.717, 1.165) is 13.0 Å². The number of rotatable bonds is 8. The summed E-state index contributed by atoms with van der Waals surface area (Å²) >= 11 is 0. The van der Waals surface area contributed by atoms with Crippen LogP contribution < -0.4 is 11.0 Å². The average Bonchev–Trinajstić information content (AvgIpc) is 2.30. The van der Waals surface area contributed by atoms with Gasteiger partial charge in [-0.15, -0.1) is 10.2 Å². The second-order valence-electron chi connectivity index (χ2n) is 3.75. The molecule has 90 valence electrons. The van der Waals surface area contributed by atoms with E-state index in [4.69, 9.17) is 0 Å². The van der Waals surface area contributed by atoms with Gasteiger partial charge in [0.25, 0.3) is 5.95 Å². The molecular weight excluding hydrogens is 206 g/mol. The summed E-state index contributed by atoms with van der Waals surface area (Å²) in [6.45, 7) is 3.03. The second-order valence-corrected chi connectivity index (χ2v) is 3.75. The Kier molecular flexibility index (Phi) is 6.13. The average molecular weight is 225 g/mol. The highest BCUT2D eigenvalue weighted by molar-refractivity contribution is 5.17. The van der Waals surface area contributed by atoms with Crippen molar-refractivity contribution in [2.45, 2.75) is 45.4 Å². The molecule has 0 aromatic carbocycles. The zero-order valence-electron chi connectivity index (χ0n) is 9.70. The van der Waals surface area contributed by atoms with Gasteiger partial charge in [-0.3, -0.25) is 0 Å². The minimum absolute atomic E-state index is 0.383. The molecule has 6 nitrogen and oxygen atoms in total. The van der Waals surface area contributed by atoms with Crippen LogP contribution in [0.5, 0.6) is 0 Å². The Morgan fingerprint density at radius 3 is 2.56 bits per heavy atom. The van der Waals surface area contributed by atoms with E-state index in [0.29, 0.717) is 5.95 Å². The smallest absolute Gasteiger partial charge is 0.352 e. The molecule has 0 saturated carbocycles. The third-order valence-electron chi connectivity index (χ3n) is 2.31. The molecule has 16 heavy (non-hydrogen) atoms. The molecule has 0 aliphatic rings. The van der Waals surface area contributed by atoms with E-state index in [1.54, 1.807) is 0 Å². The van der Waals surface area contributed by atoms with Gasteiger partial charge in [0.1, 0.15) is 0 Å². The third kappa shape index (κ3) is 5.43. The summed E-state index contributed by atoms with van der Waals surface area (Å²) in [5.74, 6) is 0.383. The maximum atomic E-state index is 10.6. The van der Waals surface area contributed by atoms with E-state index in [2.05, 4.69) is 32.6 Å². The number of aromatic nitrogens is 4. The summed E-state index contributed by atoms with van der Waals surface area (Å²) in [5, 5.41) is 15.9. The van der Waals surface area contributed by atoms with Crippen molar-refractivity contribution < 1.29 is 0 Å². The predicted molar refractivity (Wildman–Crippen MR) is 62.3 cm³/mol. The van der Waals surface area contributed by atoms with Crippen LogP contribution in [-0.4, -0.2) is 26.9 Å². The maximum Gasteiger partial charge on any atom is 0.380 e. The Balaban J connectivity index is 2.03. The summed E-state index contributed by atoms with van der Waals surface area (Å²) in [4.78, 5) is 10.6. The molecule has 1 heterocycles. The standard InChI is InChI=1S/C10H19N5O/c1-2-3-4-5-6-7-8-11-9-12-14-10(16)15-13-9/h2-8H2,1H3,(H,11,12,13)(H,14,15,16). The molecule has 6 heteroatoms. The molecule has 0 aliphatic heterocycles. The number of hydrogen-bond acceptors (Lipinski definition) is 5. The molecule has 0 spiro atoms. The van der Waals surface area contributed by atoms with Gasteiger partial charge < -0.3 is 5.32 Å². The van der Waals surface area contributed by atoms with Crippen molar-refractivity contribution in [1.82, 2.24) is 20.4 Å². The second kappa shape index (κ2) is 7.78. The number of nitrogens with zero attached hydrogens (tertiary/aromatic N) is 3. The first-order valence-electron chi connectivity index (χ1n) is 5.86. The monoisotopic (exact) mass is 225 g/mol. The number of hydrogen-bond donors (Lipinski definition) is 2. The number of aromatic amines is 1. The fourth-order valence-corrected chi connectivity index (χ4v) is 1.42. The molecule has 0 bridgehead atoms. The Morgan fingerprint density at radius 2 is 1.88 bits per heavy atom. The largest absolute Gasteiger partial charge is 0.380 e. The van der Waals surface area contributed by atoms with Gasteiger partial charge in [0.2, 0.25) is 0 Å². The van der Waals surface area contributed by atoms with Crippen LogP contribution in [0.25, 0.3) is 0 Å². The minimum Gasteiger partial charge on any atom is -0.352 e. The van der Waals surface area contributed by atoms with E-state index in [1.165, 1.54) is 32.1 Å². The summed E-state index contributed by atoms with van der Waals surface area (Å²) in [6.07, 6.45) is 7.49. The molecular formula is C10H19N5O. The van der Waals surface area contributed by atoms with E-state index in [9.17, 15) is 4.79 Å². The van der Waals surface area contributed by atoms with Gasteiger partial charge in [0.05, 0.1) is 0 Å². The lowest BCUT2D eigenvalue weighted by molar-refractivity contribution is 0.615. The highest BCUT2D eigenvalue weighted by atomic mass is 16.1. The van der Waals surface area contributed by atoms with Gasteiger partial charge in [-0.25, -0.2) is 9.89 Å². The minimum atomic E-state index is -0.523. The zero-order valence-corrected chi connectivity index (χ0v) is 9.70. The third-order valence-corrected chi connectivity index (χ3v) is 2.31.